The van der Waals surface area contributed by atoms with Crippen LogP contribution in [0.4, 0.5) is 0 Å². The van der Waals surface area contributed by atoms with Crippen molar-refractivity contribution in [2.75, 3.05) is 0 Å². The van der Waals surface area contributed by atoms with Gasteiger partial charge in [-0.2, -0.15) is 0 Å². The molecule has 0 aliphatic heterocycles. The molecule has 0 N–H and O–H groups in total. The van der Waals surface area contributed by atoms with Gasteiger partial charge in [-0.3, -0.25) is 4.79 Å². The molecule has 0 amide bonds. The van der Waals surface area contributed by atoms with E-state index < -0.39 is 0 Å². The largest absolute Gasteiger partial charge is 0.289 e. The fraction of sp³-hybridized carbons (Fsp3) is 0.0625. The molecule has 0 aliphatic carbocycles. The van der Waals surface area contributed by atoms with Gasteiger partial charge in [-0.05, 0) is 36.3 Å². The van der Waals surface area contributed by atoms with Gasteiger partial charge in [0.1, 0.15) is 0 Å². The van der Waals surface area contributed by atoms with Crippen molar-refractivity contribution < 1.29 is 4.79 Å². The standard InChI is InChI=1S/C16H12Cl2O/c1-11-4-2-3-5-13(11)16(19)9-7-12-6-8-14(17)15(18)10-12/h2-10H,1H3. The first-order valence-corrected chi connectivity index (χ1v) is 6.56. The molecule has 0 aromatic heterocycles. The highest BCUT2D eigenvalue weighted by atomic mass is 35.5. The Bertz CT molecular complexity index is 645. The quantitative estimate of drug-likeness (QED) is 0.561. The summed E-state index contributed by atoms with van der Waals surface area (Å²) in [6, 6.07) is 12.8. The van der Waals surface area contributed by atoms with Crippen LogP contribution in [0.1, 0.15) is 21.5 Å². The Morgan fingerprint density at radius 1 is 1.05 bits per heavy atom. The van der Waals surface area contributed by atoms with E-state index in [-0.39, 0.29) is 5.78 Å². The van der Waals surface area contributed by atoms with E-state index in [1.807, 2.05) is 37.3 Å². The van der Waals surface area contributed by atoms with Crippen LogP contribution in [0.5, 0.6) is 0 Å². The molecular weight excluding hydrogens is 279 g/mol. The number of carbonyl (C=O) groups is 1. The predicted molar refractivity (Wildman–Crippen MR) is 81.0 cm³/mol. The lowest BCUT2D eigenvalue weighted by Gasteiger charge is -2.01. The number of halogens is 2. The average molecular weight is 291 g/mol. The molecular formula is C16H12Cl2O. The zero-order chi connectivity index (χ0) is 13.8. The predicted octanol–water partition coefficient (Wildman–Crippen LogP) is 5.20. The Balaban J connectivity index is 2.21. The first-order chi connectivity index (χ1) is 9.08. The van der Waals surface area contributed by atoms with E-state index >= 15 is 0 Å². The van der Waals surface area contributed by atoms with Crippen molar-refractivity contribution in [2.45, 2.75) is 6.92 Å². The van der Waals surface area contributed by atoms with Gasteiger partial charge in [0.05, 0.1) is 10.0 Å². The van der Waals surface area contributed by atoms with Crippen molar-refractivity contribution in [3.8, 4) is 0 Å². The average Bonchev–Trinajstić information content (AvgIpc) is 2.40. The molecule has 0 atom stereocenters. The molecule has 2 aromatic rings. The maximum Gasteiger partial charge on any atom is 0.186 e. The maximum absolute atomic E-state index is 12.0. The van der Waals surface area contributed by atoms with Crippen molar-refractivity contribution >= 4 is 35.1 Å². The van der Waals surface area contributed by atoms with Gasteiger partial charge in [0.15, 0.2) is 5.78 Å². The lowest BCUT2D eigenvalue weighted by Crippen LogP contribution is -1.96. The fourth-order valence-electron chi connectivity index (χ4n) is 1.73. The van der Waals surface area contributed by atoms with Crippen molar-refractivity contribution in [1.29, 1.82) is 0 Å². The summed E-state index contributed by atoms with van der Waals surface area (Å²) < 4.78 is 0. The number of ketones is 1. The molecule has 0 heterocycles. The van der Waals surface area contributed by atoms with Crippen LogP contribution < -0.4 is 0 Å². The van der Waals surface area contributed by atoms with Crippen LogP contribution in [0.3, 0.4) is 0 Å². The molecule has 2 rings (SSSR count). The zero-order valence-corrected chi connectivity index (χ0v) is 11.9. The lowest BCUT2D eigenvalue weighted by atomic mass is 10.0. The van der Waals surface area contributed by atoms with Crippen LogP contribution in [-0.4, -0.2) is 5.78 Å². The minimum Gasteiger partial charge on any atom is -0.289 e. The Hall–Kier alpha value is -1.57. The SMILES string of the molecule is Cc1ccccc1C(=O)C=Cc1ccc(Cl)c(Cl)c1. The number of allylic oxidation sites excluding steroid dienone is 1. The Labute approximate surface area is 122 Å². The topological polar surface area (TPSA) is 17.1 Å². The van der Waals surface area contributed by atoms with E-state index in [0.29, 0.717) is 15.6 Å². The van der Waals surface area contributed by atoms with Crippen LogP contribution in [0.2, 0.25) is 10.0 Å². The molecule has 0 unspecified atom stereocenters. The normalized spacial score (nSPS) is 10.9. The van der Waals surface area contributed by atoms with Crippen LogP contribution in [0.15, 0.2) is 48.5 Å². The monoisotopic (exact) mass is 290 g/mol. The van der Waals surface area contributed by atoms with Crippen molar-refractivity contribution in [2.24, 2.45) is 0 Å². The van der Waals surface area contributed by atoms with Gasteiger partial charge < -0.3 is 0 Å². The second kappa shape index (κ2) is 6.05. The molecule has 1 nitrogen and oxygen atoms in total. The van der Waals surface area contributed by atoms with Crippen molar-refractivity contribution in [1.82, 2.24) is 0 Å². The lowest BCUT2D eigenvalue weighted by molar-refractivity contribution is 0.104. The van der Waals surface area contributed by atoms with Crippen LogP contribution in [0.25, 0.3) is 6.08 Å². The Kier molecular flexibility index (Phi) is 4.41. The number of benzene rings is 2. The third-order valence-corrected chi connectivity index (χ3v) is 3.52. The van der Waals surface area contributed by atoms with E-state index in [0.717, 1.165) is 11.1 Å². The third-order valence-electron chi connectivity index (χ3n) is 2.78. The number of carbonyl (C=O) groups excluding carboxylic acids is 1. The summed E-state index contributed by atoms with van der Waals surface area (Å²) in [5, 5.41) is 0.983. The van der Waals surface area contributed by atoms with Gasteiger partial charge in [-0.1, -0.05) is 59.6 Å². The van der Waals surface area contributed by atoms with Crippen LogP contribution in [-0.2, 0) is 0 Å². The van der Waals surface area contributed by atoms with Crippen molar-refractivity contribution in [3.63, 3.8) is 0 Å². The molecule has 19 heavy (non-hydrogen) atoms. The summed E-state index contributed by atoms with van der Waals surface area (Å²) in [5.74, 6) is -0.0239. The molecule has 0 fully saturated rings. The van der Waals surface area contributed by atoms with Gasteiger partial charge in [0.25, 0.3) is 0 Å². The van der Waals surface area contributed by atoms with Gasteiger partial charge in [-0.25, -0.2) is 0 Å². The maximum atomic E-state index is 12.0. The van der Waals surface area contributed by atoms with Crippen LogP contribution >= 0.6 is 23.2 Å². The van der Waals surface area contributed by atoms with Crippen molar-refractivity contribution in [3.05, 3.63) is 75.3 Å². The molecule has 2 aromatic carbocycles. The second-order valence-electron chi connectivity index (χ2n) is 4.19. The van der Waals surface area contributed by atoms with Gasteiger partial charge >= 0.3 is 0 Å². The molecule has 96 valence electrons. The Morgan fingerprint density at radius 3 is 2.47 bits per heavy atom. The molecule has 0 aliphatic rings. The minimum atomic E-state index is -0.0239. The minimum absolute atomic E-state index is 0.0239. The summed E-state index contributed by atoms with van der Waals surface area (Å²) in [7, 11) is 0. The molecule has 3 heteroatoms. The molecule has 0 spiro atoms. The summed E-state index contributed by atoms with van der Waals surface area (Å²) in [6.45, 7) is 1.92. The first kappa shape index (κ1) is 13.9. The number of hydrogen-bond acceptors (Lipinski definition) is 1. The summed E-state index contributed by atoms with van der Waals surface area (Å²) in [5.41, 5.74) is 2.52. The van der Waals surface area contributed by atoms with Gasteiger partial charge in [0.2, 0.25) is 0 Å². The summed E-state index contributed by atoms with van der Waals surface area (Å²) in [4.78, 5) is 12.0. The molecule has 0 saturated heterocycles. The van der Waals surface area contributed by atoms with E-state index in [1.165, 1.54) is 0 Å². The van der Waals surface area contributed by atoms with E-state index in [4.69, 9.17) is 23.2 Å². The smallest absolute Gasteiger partial charge is 0.186 e. The molecule has 0 bridgehead atoms. The Morgan fingerprint density at radius 2 is 1.79 bits per heavy atom. The second-order valence-corrected chi connectivity index (χ2v) is 5.00. The molecule has 0 radical (unpaired) electrons. The fourth-order valence-corrected chi connectivity index (χ4v) is 2.03. The van der Waals surface area contributed by atoms with E-state index in [2.05, 4.69) is 0 Å². The van der Waals surface area contributed by atoms with Gasteiger partial charge in [-0.15, -0.1) is 0 Å². The molecule has 0 saturated carbocycles. The van der Waals surface area contributed by atoms with Gasteiger partial charge in [0, 0.05) is 5.56 Å². The summed E-state index contributed by atoms with van der Waals surface area (Å²) in [6.07, 6.45) is 3.28. The third kappa shape index (κ3) is 3.46. The van der Waals surface area contributed by atoms with E-state index in [1.54, 1.807) is 24.3 Å². The highest BCUT2D eigenvalue weighted by Gasteiger charge is 2.04. The highest BCUT2D eigenvalue weighted by Crippen LogP contribution is 2.23. The highest BCUT2D eigenvalue weighted by molar-refractivity contribution is 6.42. The number of aryl methyl sites for hydroxylation is 1. The number of rotatable bonds is 3. The first-order valence-electron chi connectivity index (χ1n) is 5.81. The summed E-state index contributed by atoms with van der Waals surface area (Å²) >= 11 is 11.8. The van der Waals surface area contributed by atoms with E-state index in [9.17, 15) is 4.79 Å². The van der Waals surface area contributed by atoms with Crippen LogP contribution in [0, 0.1) is 6.92 Å². The number of hydrogen-bond donors (Lipinski definition) is 0. The zero-order valence-electron chi connectivity index (χ0n) is 10.4.